The number of carboxylic acid groups (broad SMARTS) is 1. The largest absolute Gasteiger partial charge is 0.477 e. The smallest absolute Gasteiger partial charge is 0.352 e. The van der Waals surface area contributed by atoms with E-state index in [2.05, 4.69) is 25.1 Å². The number of nitrogens with zero attached hydrogens (tertiary/aromatic N) is 4. The van der Waals surface area contributed by atoms with E-state index in [1.54, 1.807) is 0 Å². The summed E-state index contributed by atoms with van der Waals surface area (Å²) in [5.41, 5.74) is -0.234. The van der Waals surface area contributed by atoms with Gasteiger partial charge in [-0.25, -0.2) is 17.9 Å². The number of aromatic carboxylic acids is 1. The van der Waals surface area contributed by atoms with Crippen LogP contribution in [0.3, 0.4) is 0 Å². The van der Waals surface area contributed by atoms with Crippen molar-refractivity contribution in [3.8, 4) is 0 Å². The van der Waals surface area contributed by atoms with Crippen LogP contribution in [0.25, 0.3) is 0 Å². The number of anilines is 1. The second-order valence-electron chi connectivity index (χ2n) is 3.26. The van der Waals surface area contributed by atoms with Gasteiger partial charge in [0, 0.05) is 6.20 Å². The quantitative estimate of drug-likeness (QED) is 0.650. The fourth-order valence-corrected chi connectivity index (χ4v) is 2.08. The Balaban J connectivity index is 2.27. The van der Waals surface area contributed by atoms with Gasteiger partial charge in [0.25, 0.3) is 16.0 Å². The third-order valence-corrected chi connectivity index (χ3v) is 3.24. The average Bonchev–Trinajstić information content (AvgIpc) is 2.86. The number of aryl methyl sites for hydroxylation is 1. The first-order valence-corrected chi connectivity index (χ1v) is 6.05. The number of hydrogen-bond acceptors (Lipinski definition) is 6. The molecule has 0 fully saturated rings. The molecule has 0 radical (unpaired) electrons. The predicted octanol–water partition coefficient (Wildman–Crippen LogP) is -0.963. The Morgan fingerprint density at radius 2 is 2.28 bits per heavy atom. The zero-order valence-corrected chi connectivity index (χ0v) is 9.84. The van der Waals surface area contributed by atoms with Gasteiger partial charge in [0.1, 0.15) is 10.6 Å². The molecule has 3 N–H and O–H groups in total. The standard InChI is InChI=1S/C7H8N6O4S/c1-13-10-7(9-12-13)11-18(16,17)4-2-5(6(14)15)8-3-4/h2-3,8H,1H3,(H,10,11)(H,14,15). The molecular weight excluding hydrogens is 264 g/mol. The van der Waals surface area contributed by atoms with Gasteiger partial charge in [0.2, 0.25) is 0 Å². The van der Waals surface area contributed by atoms with Gasteiger partial charge in [-0.3, -0.25) is 0 Å². The molecule has 0 aliphatic carbocycles. The number of hydrogen-bond donors (Lipinski definition) is 3. The summed E-state index contributed by atoms with van der Waals surface area (Å²) in [6.07, 6.45) is 1.06. The summed E-state index contributed by atoms with van der Waals surface area (Å²) in [7, 11) is -2.46. The highest BCUT2D eigenvalue weighted by Gasteiger charge is 2.20. The zero-order valence-electron chi connectivity index (χ0n) is 9.02. The van der Waals surface area contributed by atoms with Gasteiger partial charge in [-0.2, -0.15) is 4.80 Å². The van der Waals surface area contributed by atoms with Gasteiger partial charge in [-0.05, 0) is 11.3 Å². The third-order valence-electron chi connectivity index (χ3n) is 1.93. The molecule has 0 amide bonds. The lowest BCUT2D eigenvalue weighted by Crippen LogP contribution is -2.13. The van der Waals surface area contributed by atoms with E-state index >= 15 is 0 Å². The first-order chi connectivity index (χ1) is 8.38. The van der Waals surface area contributed by atoms with E-state index in [1.807, 2.05) is 0 Å². The van der Waals surface area contributed by atoms with Crippen LogP contribution < -0.4 is 4.72 Å². The minimum absolute atomic E-state index is 0.199. The van der Waals surface area contributed by atoms with Crippen LogP contribution in [-0.4, -0.2) is 44.7 Å². The van der Waals surface area contributed by atoms with Gasteiger partial charge < -0.3 is 10.1 Å². The van der Waals surface area contributed by atoms with E-state index in [1.165, 1.54) is 7.05 Å². The van der Waals surface area contributed by atoms with E-state index in [0.717, 1.165) is 17.1 Å². The first kappa shape index (κ1) is 12.0. The molecule has 2 rings (SSSR count). The SMILES string of the molecule is Cn1nnc(NS(=O)(=O)c2c[nH]c(C(=O)O)c2)n1. The second kappa shape index (κ2) is 4.10. The number of tetrazole rings is 1. The van der Waals surface area contributed by atoms with E-state index in [9.17, 15) is 13.2 Å². The van der Waals surface area contributed by atoms with E-state index in [4.69, 9.17) is 5.11 Å². The normalized spacial score (nSPS) is 11.4. The highest BCUT2D eigenvalue weighted by Crippen LogP contribution is 2.13. The van der Waals surface area contributed by atoms with E-state index < -0.39 is 16.0 Å². The van der Waals surface area contributed by atoms with Crippen LogP contribution in [0.2, 0.25) is 0 Å². The molecule has 0 aliphatic heterocycles. The number of H-pyrrole nitrogens is 1. The minimum Gasteiger partial charge on any atom is -0.477 e. The first-order valence-electron chi connectivity index (χ1n) is 4.57. The summed E-state index contributed by atoms with van der Waals surface area (Å²) in [4.78, 5) is 13.8. The molecule has 18 heavy (non-hydrogen) atoms. The Kier molecular flexibility index (Phi) is 2.74. The molecule has 11 heteroatoms. The zero-order chi connectivity index (χ0) is 13.3. The van der Waals surface area contributed by atoms with Crippen molar-refractivity contribution < 1.29 is 18.3 Å². The van der Waals surface area contributed by atoms with E-state index in [-0.39, 0.29) is 16.5 Å². The van der Waals surface area contributed by atoms with Gasteiger partial charge in [0.15, 0.2) is 0 Å². The van der Waals surface area contributed by atoms with Crippen molar-refractivity contribution in [3.63, 3.8) is 0 Å². The predicted molar refractivity (Wildman–Crippen MR) is 57.4 cm³/mol. The summed E-state index contributed by atoms with van der Waals surface area (Å²) in [6, 6.07) is 0.987. The maximum atomic E-state index is 11.8. The number of nitrogens with one attached hydrogen (secondary N) is 2. The molecule has 0 aromatic carbocycles. The number of aromatic amines is 1. The van der Waals surface area contributed by atoms with E-state index in [0.29, 0.717) is 0 Å². The van der Waals surface area contributed by atoms with Crippen molar-refractivity contribution >= 4 is 21.9 Å². The second-order valence-corrected chi connectivity index (χ2v) is 4.94. The van der Waals surface area contributed by atoms with Crippen molar-refractivity contribution in [3.05, 3.63) is 18.0 Å². The van der Waals surface area contributed by atoms with Crippen LogP contribution in [-0.2, 0) is 17.1 Å². The highest BCUT2D eigenvalue weighted by molar-refractivity contribution is 7.92. The van der Waals surface area contributed by atoms with Crippen LogP contribution >= 0.6 is 0 Å². The van der Waals surface area contributed by atoms with Crippen molar-refractivity contribution in [2.45, 2.75) is 4.90 Å². The summed E-state index contributed by atoms with van der Waals surface area (Å²) >= 11 is 0. The molecule has 2 heterocycles. The van der Waals surface area contributed by atoms with Gasteiger partial charge in [0.05, 0.1) is 7.05 Å². The van der Waals surface area contributed by atoms with Crippen LogP contribution in [0, 0.1) is 0 Å². The van der Waals surface area contributed by atoms with Crippen molar-refractivity contribution in [1.29, 1.82) is 0 Å². The molecule has 2 aromatic rings. The lowest BCUT2D eigenvalue weighted by Gasteiger charge is -1.99. The summed E-state index contributed by atoms with van der Waals surface area (Å²) in [6.45, 7) is 0. The fourth-order valence-electron chi connectivity index (χ4n) is 1.16. The van der Waals surface area contributed by atoms with Gasteiger partial charge >= 0.3 is 5.97 Å². The Hall–Kier alpha value is -2.43. The number of rotatable bonds is 4. The number of carbonyl (C=O) groups is 1. The minimum atomic E-state index is -3.94. The Bertz CT molecular complexity index is 686. The molecule has 0 bridgehead atoms. The third kappa shape index (κ3) is 2.29. The lowest BCUT2D eigenvalue weighted by molar-refractivity contribution is 0.0691. The maximum Gasteiger partial charge on any atom is 0.352 e. The molecule has 10 nitrogen and oxygen atoms in total. The summed E-state index contributed by atoms with van der Waals surface area (Å²) in [5.74, 6) is -1.45. The van der Waals surface area contributed by atoms with Crippen LogP contribution in [0.15, 0.2) is 17.2 Å². The Labute approximate surface area is 101 Å². The van der Waals surface area contributed by atoms with Crippen molar-refractivity contribution in [2.24, 2.45) is 7.05 Å². The number of aromatic nitrogens is 5. The molecule has 0 unspecified atom stereocenters. The Morgan fingerprint density at radius 3 is 2.78 bits per heavy atom. The summed E-state index contributed by atoms with van der Waals surface area (Å²) in [5, 5.41) is 19.2. The lowest BCUT2D eigenvalue weighted by atomic mass is 10.4. The number of sulfonamides is 1. The molecule has 2 aromatic heterocycles. The highest BCUT2D eigenvalue weighted by atomic mass is 32.2. The van der Waals surface area contributed by atoms with Crippen LogP contribution in [0.4, 0.5) is 5.95 Å². The monoisotopic (exact) mass is 272 g/mol. The average molecular weight is 272 g/mol. The molecular formula is C7H8N6O4S. The van der Waals surface area contributed by atoms with Gasteiger partial charge in [-0.1, -0.05) is 5.10 Å². The van der Waals surface area contributed by atoms with Crippen molar-refractivity contribution in [1.82, 2.24) is 25.2 Å². The molecule has 0 spiro atoms. The maximum absolute atomic E-state index is 11.8. The molecule has 0 saturated carbocycles. The van der Waals surface area contributed by atoms with Crippen molar-refractivity contribution in [2.75, 3.05) is 4.72 Å². The van der Waals surface area contributed by atoms with Crippen LogP contribution in [0.1, 0.15) is 10.5 Å². The van der Waals surface area contributed by atoms with Crippen LogP contribution in [0.5, 0.6) is 0 Å². The number of carboxylic acids is 1. The molecule has 96 valence electrons. The fraction of sp³-hybridized carbons (Fsp3) is 0.143. The Morgan fingerprint density at radius 1 is 1.56 bits per heavy atom. The molecule has 0 atom stereocenters. The molecule has 0 aliphatic rings. The van der Waals surface area contributed by atoms with Gasteiger partial charge in [-0.15, -0.1) is 5.10 Å². The molecule has 0 saturated heterocycles. The topological polar surface area (TPSA) is 143 Å². The summed E-state index contributed by atoms with van der Waals surface area (Å²) < 4.78 is 25.7.